The molecule has 0 aliphatic carbocycles. The Bertz CT molecular complexity index is 464. The second-order valence-electron chi connectivity index (χ2n) is 2.87. The third-order valence-corrected chi connectivity index (χ3v) is 2.49. The monoisotopic (exact) mass is 377 g/mol. The van der Waals surface area contributed by atoms with E-state index in [1.165, 1.54) is 13.2 Å². The molecule has 0 spiro atoms. The number of aromatic nitrogens is 1. The number of halogens is 4. The molecule has 0 unspecified atom stereocenters. The third-order valence-electron chi connectivity index (χ3n) is 1.72. The van der Waals surface area contributed by atoms with Gasteiger partial charge in [-0.15, -0.1) is 13.2 Å². The molecule has 18 heavy (non-hydrogen) atoms. The van der Waals surface area contributed by atoms with Crippen molar-refractivity contribution in [2.45, 2.75) is 6.36 Å². The van der Waals surface area contributed by atoms with Crippen molar-refractivity contribution < 1.29 is 32.2 Å². The summed E-state index contributed by atoms with van der Waals surface area (Å²) >= 11 is 1.58. The summed E-state index contributed by atoms with van der Waals surface area (Å²) in [6, 6.07) is 1.20. The molecule has 1 aromatic rings. The molecule has 0 bridgehead atoms. The number of pyridine rings is 1. The minimum absolute atomic E-state index is 0.000717. The number of ether oxygens (including phenoxy) is 3. The van der Waals surface area contributed by atoms with Gasteiger partial charge < -0.3 is 14.2 Å². The molecular weight excluding hydrogens is 370 g/mol. The lowest BCUT2D eigenvalue weighted by molar-refractivity contribution is -0.276. The van der Waals surface area contributed by atoms with Gasteiger partial charge in [-0.25, -0.2) is 9.78 Å². The molecule has 0 atom stereocenters. The van der Waals surface area contributed by atoms with Gasteiger partial charge >= 0.3 is 12.3 Å². The number of hydrogen-bond acceptors (Lipinski definition) is 5. The van der Waals surface area contributed by atoms with Gasteiger partial charge in [0.25, 0.3) is 0 Å². The van der Waals surface area contributed by atoms with Crippen LogP contribution in [0.2, 0.25) is 0 Å². The van der Waals surface area contributed by atoms with E-state index >= 15 is 0 Å². The van der Waals surface area contributed by atoms with Crippen molar-refractivity contribution in [2.24, 2.45) is 0 Å². The minimum atomic E-state index is -4.89. The van der Waals surface area contributed by atoms with Gasteiger partial charge in [0.15, 0.2) is 11.4 Å². The normalized spacial score (nSPS) is 11.0. The zero-order chi connectivity index (χ0) is 13.9. The van der Waals surface area contributed by atoms with Gasteiger partial charge in [0.1, 0.15) is 0 Å². The Morgan fingerprint density at radius 3 is 2.44 bits per heavy atom. The summed E-state index contributed by atoms with van der Waals surface area (Å²) in [5.41, 5.74) is -0.389. The largest absolute Gasteiger partial charge is 0.574 e. The molecule has 0 saturated heterocycles. The first-order valence-corrected chi connectivity index (χ1v) is 5.45. The maximum atomic E-state index is 12.1. The number of rotatable bonds is 3. The van der Waals surface area contributed by atoms with Crippen LogP contribution in [0.3, 0.4) is 0 Å². The van der Waals surface area contributed by atoms with E-state index < -0.39 is 18.2 Å². The van der Waals surface area contributed by atoms with Crippen molar-refractivity contribution in [1.82, 2.24) is 4.98 Å². The second-order valence-corrected chi connectivity index (χ2v) is 4.03. The molecule has 1 heterocycles. The molecule has 0 aromatic carbocycles. The Balaban J connectivity index is 3.25. The van der Waals surface area contributed by atoms with E-state index in [-0.39, 0.29) is 15.0 Å². The summed E-state index contributed by atoms with van der Waals surface area (Å²) in [5.74, 6) is -1.65. The molecule has 0 aliphatic heterocycles. The van der Waals surface area contributed by atoms with Gasteiger partial charge in [-0.1, -0.05) is 0 Å². The molecule has 9 heteroatoms. The average molecular weight is 377 g/mol. The van der Waals surface area contributed by atoms with Crippen LogP contribution in [0, 0.1) is 3.57 Å². The lowest BCUT2D eigenvalue weighted by atomic mass is 10.3. The van der Waals surface area contributed by atoms with Crippen molar-refractivity contribution >= 4 is 28.6 Å². The molecule has 0 N–H and O–H groups in total. The van der Waals surface area contributed by atoms with Crippen LogP contribution in [0.15, 0.2) is 6.07 Å². The Hall–Kier alpha value is -1.26. The van der Waals surface area contributed by atoms with Crippen molar-refractivity contribution in [3.63, 3.8) is 0 Å². The Labute approximate surface area is 113 Å². The van der Waals surface area contributed by atoms with Gasteiger partial charge in [-0.2, -0.15) is 0 Å². The van der Waals surface area contributed by atoms with Gasteiger partial charge in [0, 0.05) is 6.07 Å². The van der Waals surface area contributed by atoms with Gasteiger partial charge in [0.2, 0.25) is 5.88 Å². The quantitative estimate of drug-likeness (QED) is 0.598. The number of alkyl halides is 3. The topological polar surface area (TPSA) is 57.7 Å². The summed E-state index contributed by atoms with van der Waals surface area (Å²) in [7, 11) is 2.33. The zero-order valence-electron chi connectivity index (χ0n) is 9.17. The van der Waals surface area contributed by atoms with Gasteiger partial charge in [-0.3, -0.25) is 0 Å². The van der Waals surface area contributed by atoms with Crippen LogP contribution in [0.25, 0.3) is 0 Å². The second kappa shape index (κ2) is 5.59. The number of carbonyl (C=O) groups excluding carboxylic acids is 1. The molecule has 0 saturated carbocycles. The van der Waals surface area contributed by atoms with Crippen LogP contribution >= 0.6 is 22.6 Å². The van der Waals surface area contributed by atoms with E-state index in [2.05, 4.69) is 14.5 Å². The highest BCUT2D eigenvalue weighted by molar-refractivity contribution is 14.1. The van der Waals surface area contributed by atoms with Crippen molar-refractivity contribution in [3.8, 4) is 11.6 Å². The molecule has 0 fully saturated rings. The summed E-state index contributed by atoms with van der Waals surface area (Å²) in [6.45, 7) is 0. The van der Waals surface area contributed by atoms with Crippen LogP contribution in [0.5, 0.6) is 11.6 Å². The van der Waals surface area contributed by atoms with Crippen LogP contribution in [0.4, 0.5) is 13.2 Å². The molecular formula is C9H7F3INO4. The summed E-state index contributed by atoms with van der Waals surface area (Å²) < 4.78 is 49.3. The fourth-order valence-electron chi connectivity index (χ4n) is 1.03. The van der Waals surface area contributed by atoms with Gasteiger partial charge in [-0.05, 0) is 22.6 Å². The zero-order valence-corrected chi connectivity index (χ0v) is 11.3. The van der Waals surface area contributed by atoms with Crippen LogP contribution in [-0.4, -0.2) is 31.5 Å². The van der Waals surface area contributed by atoms with E-state index in [9.17, 15) is 18.0 Å². The summed E-state index contributed by atoms with van der Waals surface area (Å²) in [6.07, 6.45) is -4.89. The summed E-state index contributed by atoms with van der Waals surface area (Å²) in [4.78, 5) is 14.8. The molecule has 0 amide bonds. The highest BCUT2D eigenvalue weighted by Crippen LogP contribution is 2.30. The smallest absolute Gasteiger partial charge is 0.494 e. The number of methoxy groups -OCH3 is 2. The van der Waals surface area contributed by atoms with E-state index in [0.717, 1.165) is 7.11 Å². The van der Waals surface area contributed by atoms with Crippen LogP contribution in [0.1, 0.15) is 10.5 Å². The molecule has 1 aromatic heterocycles. The maximum absolute atomic E-state index is 12.1. The predicted molar refractivity (Wildman–Crippen MR) is 61.5 cm³/mol. The molecule has 1 rings (SSSR count). The Morgan fingerprint density at radius 2 is 2.00 bits per heavy atom. The molecule has 100 valence electrons. The Kier molecular flexibility index (Phi) is 4.59. The van der Waals surface area contributed by atoms with Crippen molar-refractivity contribution in [3.05, 3.63) is 15.3 Å². The first kappa shape index (κ1) is 14.8. The first-order valence-electron chi connectivity index (χ1n) is 4.37. The molecule has 0 radical (unpaired) electrons. The van der Waals surface area contributed by atoms with E-state index in [0.29, 0.717) is 0 Å². The predicted octanol–water partition coefficient (Wildman–Crippen LogP) is 2.38. The standard InChI is InChI=1S/C9H7F3INO4/c1-16-5-3-4(13)7(18-9(10,11)12)14-6(5)8(15)17-2/h3H,1-2H3. The van der Waals surface area contributed by atoms with Crippen molar-refractivity contribution in [2.75, 3.05) is 14.2 Å². The number of esters is 1. The Morgan fingerprint density at radius 1 is 1.39 bits per heavy atom. The lowest BCUT2D eigenvalue weighted by Gasteiger charge is -2.12. The van der Waals surface area contributed by atoms with Gasteiger partial charge in [0.05, 0.1) is 17.8 Å². The lowest BCUT2D eigenvalue weighted by Crippen LogP contribution is -2.20. The van der Waals surface area contributed by atoms with E-state index in [1.807, 2.05) is 0 Å². The van der Waals surface area contributed by atoms with Crippen LogP contribution < -0.4 is 9.47 Å². The number of hydrogen-bond donors (Lipinski definition) is 0. The van der Waals surface area contributed by atoms with E-state index in [4.69, 9.17) is 4.74 Å². The number of nitrogens with zero attached hydrogens (tertiary/aromatic N) is 1. The molecule has 0 aliphatic rings. The number of carbonyl (C=O) groups is 1. The first-order chi connectivity index (χ1) is 8.28. The van der Waals surface area contributed by atoms with Crippen LogP contribution in [-0.2, 0) is 4.74 Å². The highest BCUT2D eigenvalue weighted by Gasteiger charge is 2.33. The fraction of sp³-hybridized carbons (Fsp3) is 0.333. The SMILES string of the molecule is COC(=O)c1nc(OC(F)(F)F)c(I)cc1OC. The van der Waals surface area contributed by atoms with E-state index in [1.54, 1.807) is 22.6 Å². The minimum Gasteiger partial charge on any atom is -0.494 e. The van der Waals surface area contributed by atoms with Crippen molar-refractivity contribution in [1.29, 1.82) is 0 Å². The fourth-order valence-corrected chi connectivity index (χ4v) is 1.55. The average Bonchev–Trinajstić information content (AvgIpc) is 2.28. The molecule has 5 nitrogen and oxygen atoms in total. The third kappa shape index (κ3) is 3.62. The summed E-state index contributed by atoms with van der Waals surface area (Å²) in [5, 5.41) is 0. The highest BCUT2D eigenvalue weighted by atomic mass is 127. The maximum Gasteiger partial charge on any atom is 0.574 e.